The fourth-order valence-corrected chi connectivity index (χ4v) is 4.49. The number of aromatic nitrogens is 1. The predicted octanol–water partition coefficient (Wildman–Crippen LogP) is 5.38. The number of rotatable bonds is 4. The Labute approximate surface area is 203 Å². The van der Waals surface area contributed by atoms with Gasteiger partial charge in [0.2, 0.25) is 0 Å². The van der Waals surface area contributed by atoms with Gasteiger partial charge < -0.3 is 10.2 Å². The summed E-state index contributed by atoms with van der Waals surface area (Å²) in [4.78, 5) is 32.7. The second-order valence-corrected chi connectivity index (χ2v) is 8.99. The third-order valence-electron chi connectivity index (χ3n) is 6.52. The number of aryl methyl sites for hydroxylation is 1. The molecule has 6 heteroatoms. The molecule has 0 spiro atoms. The Kier molecular flexibility index (Phi) is 6.27. The van der Waals surface area contributed by atoms with Crippen LogP contribution in [-0.4, -0.2) is 40.8 Å². The smallest absolute Gasteiger partial charge is 0.254 e. The molecule has 1 aliphatic rings. The van der Waals surface area contributed by atoms with E-state index in [1.165, 1.54) is 29.8 Å². The quantitative estimate of drug-likeness (QED) is 0.438. The van der Waals surface area contributed by atoms with E-state index in [-0.39, 0.29) is 23.7 Å². The van der Waals surface area contributed by atoms with E-state index in [0.29, 0.717) is 37.1 Å². The van der Waals surface area contributed by atoms with Crippen molar-refractivity contribution >= 4 is 22.7 Å². The van der Waals surface area contributed by atoms with Gasteiger partial charge in [-0.05, 0) is 56.2 Å². The molecule has 0 radical (unpaired) electrons. The van der Waals surface area contributed by atoms with E-state index in [4.69, 9.17) is 4.98 Å². The number of fused-ring (bicyclic) bond motifs is 1. The molecule has 5 nitrogen and oxygen atoms in total. The monoisotopic (exact) mass is 467 g/mol. The Morgan fingerprint density at radius 1 is 0.943 bits per heavy atom. The molecule has 35 heavy (non-hydrogen) atoms. The average Bonchev–Trinajstić information content (AvgIpc) is 2.89. The summed E-state index contributed by atoms with van der Waals surface area (Å²) < 4.78 is 13.1. The minimum absolute atomic E-state index is 0.0275. The number of nitrogens with one attached hydrogen (secondary N) is 1. The van der Waals surface area contributed by atoms with Crippen molar-refractivity contribution in [1.82, 2.24) is 15.2 Å². The molecular formula is C29H26FN3O2. The lowest BCUT2D eigenvalue weighted by Crippen LogP contribution is -2.46. The van der Waals surface area contributed by atoms with Gasteiger partial charge in [0.25, 0.3) is 11.8 Å². The van der Waals surface area contributed by atoms with Gasteiger partial charge in [0.1, 0.15) is 5.82 Å². The van der Waals surface area contributed by atoms with E-state index in [9.17, 15) is 14.0 Å². The summed E-state index contributed by atoms with van der Waals surface area (Å²) in [5, 5.41) is 3.84. The van der Waals surface area contributed by atoms with E-state index in [1.54, 1.807) is 0 Å². The van der Waals surface area contributed by atoms with Crippen molar-refractivity contribution in [3.8, 4) is 11.3 Å². The van der Waals surface area contributed by atoms with Crippen LogP contribution in [0.1, 0.15) is 39.1 Å². The van der Waals surface area contributed by atoms with Crippen LogP contribution < -0.4 is 5.32 Å². The summed E-state index contributed by atoms with van der Waals surface area (Å²) in [5.41, 5.74) is 4.76. The normalized spacial score (nSPS) is 14.2. The van der Waals surface area contributed by atoms with Crippen LogP contribution in [0.25, 0.3) is 22.2 Å². The first-order chi connectivity index (χ1) is 17.0. The highest BCUT2D eigenvalue weighted by Gasteiger charge is 2.26. The number of hydrogen-bond donors (Lipinski definition) is 1. The van der Waals surface area contributed by atoms with Crippen LogP contribution >= 0.6 is 0 Å². The Balaban J connectivity index is 1.33. The molecule has 2 amide bonds. The number of amides is 2. The number of likely N-dealkylation sites (tertiary alicyclic amines) is 1. The molecule has 4 aromatic rings. The van der Waals surface area contributed by atoms with Crippen molar-refractivity contribution in [2.75, 3.05) is 13.1 Å². The van der Waals surface area contributed by atoms with Gasteiger partial charge in [0, 0.05) is 35.6 Å². The number of hydrogen-bond acceptors (Lipinski definition) is 3. The highest BCUT2D eigenvalue weighted by Crippen LogP contribution is 2.27. The largest absolute Gasteiger partial charge is 0.349 e. The number of carbonyl (C=O) groups excluding carboxylic acids is 2. The number of nitrogens with zero attached hydrogens (tertiary/aromatic N) is 2. The summed E-state index contributed by atoms with van der Waals surface area (Å²) >= 11 is 0. The molecule has 176 valence electrons. The third-order valence-corrected chi connectivity index (χ3v) is 6.52. The second kappa shape index (κ2) is 9.66. The van der Waals surface area contributed by atoms with E-state index in [1.807, 2.05) is 66.4 Å². The highest BCUT2D eigenvalue weighted by molar-refractivity contribution is 6.07. The summed E-state index contributed by atoms with van der Waals surface area (Å²) in [5.74, 6) is -0.625. The molecule has 0 bridgehead atoms. The predicted molar refractivity (Wildman–Crippen MR) is 135 cm³/mol. The lowest BCUT2D eigenvalue weighted by atomic mass is 10.00. The number of halogens is 1. The van der Waals surface area contributed by atoms with Gasteiger partial charge >= 0.3 is 0 Å². The molecule has 1 aliphatic heterocycles. The van der Waals surface area contributed by atoms with Crippen LogP contribution in [0, 0.1) is 12.7 Å². The van der Waals surface area contributed by atoms with Crippen molar-refractivity contribution < 1.29 is 14.0 Å². The van der Waals surface area contributed by atoms with Crippen LogP contribution in [0.5, 0.6) is 0 Å². The average molecular weight is 468 g/mol. The zero-order chi connectivity index (χ0) is 24.4. The molecule has 0 atom stereocenters. The number of carbonyl (C=O) groups is 2. The van der Waals surface area contributed by atoms with Crippen molar-refractivity contribution in [1.29, 1.82) is 0 Å². The molecule has 1 aromatic heterocycles. The molecule has 0 aliphatic carbocycles. The third kappa shape index (κ3) is 4.92. The molecule has 2 heterocycles. The summed E-state index contributed by atoms with van der Waals surface area (Å²) in [7, 11) is 0. The van der Waals surface area contributed by atoms with E-state index in [2.05, 4.69) is 5.32 Å². The molecule has 1 fully saturated rings. The minimum Gasteiger partial charge on any atom is -0.349 e. The zero-order valence-corrected chi connectivity index (χ0v) is 19.5. The van der Waals surface area contributed by atoms with Crippen molar-refractivity contribution in [2.45, 2.75) is 25.8 Å². The molecule has 1 saturated heterocycles. The maximum Gasteiger partial charge on any atom is 0.254 e. The highest BCUT2D eigenvalue weighted by atomic mass is 19.1. The lowest BCUT2D eigenvalue weighted by molar-refractivity contribution is 0.0700. The summed E-state index contributed by atoms with van der Waals surface area (Å²) in [6, 6.07) is 23.2. The second-order valence-electron chi connectivity index (χ2n) is 8.99. The summed E-state index contributed by atoms with van der Waals surface area (Å²) in [6.07, 6.45) is 1.32. The maximum absolute atomic E-state index is 13.6. The van der Waals surface area contributed by atoms with Crippen molar-refractivity contribution in [2.24, 2.45) is 0 Å². The molecule has 3 aromatic carbocycles. The number of piperidine rings is 1. The van der Waals surface area contributed by atoms with Gasteiger partial charge in [-0.1, -0.05) is 48.0 Å². The van der Waals surface area contributed by atoms with E-state index in [0.717, 1.165) is 22.2 Å². The van der Waals surface area contributed by atoms with Gasteiger partial charge in [-0.3, -0.25) is 9.59 Å². The van der Waals surface area contributed by atoms with Crippen LogP contribution in [-0.2, 0) is 0 Å². The fraction of sp³-hybridized carbons (Fsp3) is 0.207. The van der Waals surface area contributed by atoms with E-state index >= 15 is 0 Å². The van der Waals surface area contributed by atoms with Gasteiger partial charge in [-0.2, -0.15) is 0 Å². The minimum atomic E-state index is -0.373. The van der Waals surface area contributed by atoms with Crippen LogP contribution in [0.2, 0.25) is 0 Å². The SMILES string of the molecule is Cc1ccc(-c2cc(C(=O)N3CCC(NC(=O)c4ccc(F)cc4)CC3)c3ccccc3n2)cc1. The van der Waals surface area contributed by atoms with Gasteiger partial charge in [-0.15, -0.1) is 0 Å². The van der Waals surface area contributed by atoms with Crippen LogP contribution in [0.15, 0.2) is 78.9 Å². The number of benzene rings is 3. The first kappa shape index (κ1) is 22.7. The van der Waals surface area contributed by atoms with E-state index < -0.39 is 0 Å². The standard InChI is InChI=1S/C29H26FN3O2/c1-19-6-8-20(9-7-19)27-18-25(24-4-2-3-5-26(24)32-27)29(35)33-16-14-23(15-17-33)31-28(34)21-10-12-22(30)13-11-21/h2-13,18,23H,14-17H2,1H3,(H,31,34). The lowest BCUT2D eigenvalue weighted by Gasteiger charge is -2.32. The van der Waals surface area contributed by atoms with Crippen molar-refractivity contribution in [3.63, 3.8) is 0 Å². The molecule has 0 unspecified atom stereocenters. The Bertz CT molecular complexity index is 1380. The Morgan fingerprint density at radius 3 is 2.34 bits per heavy atom. The molecule has 1 N–H and O–H groups in total. The topological polar surface area (TPSA) is 62.3 Å². The first-order valence-corrected chi connectivity index (χ1v) is 11.8. The van der Waals surface area contributed by atoms with Crippen LogP contribution in [0.4, 0.5) is 4.39 Å². The van der Waals surface area contributed by atoms with Crippen LogP contribution in [0.3, 0.4) is 0 Å². The Morgan fingerprint density at radius 2 is 1.63 bits per heavy atom. The molecular weight excluding hydrogens is 441 g/mol. The van der Waals surface area contributed by atoms with Gasteiger partial charge in [-0.25, -0.2) is 9.37 Å². The summed E-state index contributed by atoms with van der Waals surface area (Å²) in [6.45, 7) is 3.13. The molecule has 5 rings (SSSR count). The van der Waals surface area contributed by atoms with Crippen molar-refractivity contribution in [3.05, 3.63) is 101 Å². The maximum atomic E-state index is 13.6. The Hall–Kier alpha value is -4.06. The first-order valence-electron chi connectivity index (χ1n) is 11.8. The fourth-order valence-electron chi connectivity index (χ4n) is 4.49. The number of pyridine rings is 1. The zero-order valence-electron chi connectivity index (χ0n) is 19.5. The molecule has 0 saturated carbocycles. The van der Waals surface area contributed by atoms with Gasteiger partial charge in [0.05, 0.1) is 16.8 Å². The number of para-hydroxylation sites is 1. The van der Waals surface area contributed by atoms with Gasteiger partial charge in [0.15, 0.2) is 0 Å².